The van der Waals surface area contributed by atoms with Gasteiger partial charge in [-0.2, -0.15) is 0 Å². The number of anilines is 3. The van der Waals surface area contributed by atoms with Crippen LogP contribution >= 0.6 is 0 Å². The molecule has 0 aliphatic rings. The zero-order chi connectivity index (χ0) is 27.1. The molecule has 0 unspecified atom stereocenters. The minimum atomic E-state index is -0.0226. The van der Waals surface area contributed by atoms with Gasteiger partial charge in [-0.1, -0.05) is 72.8 Å². The zero-order valence-corrected chi connectivity index (χ0v) is 22.2. The molecule has 0 aliphatic heterocycles. The predicted octanol–water partition coefficient (Wildman–Crippen LogP) is 8.91. The Morgan fingerprint density at radius 3 is 2.23 bits per heavy atom. The van der Waals surface area contributed by atoms with Crippen molar-refractivity contribution in [2.75, 3.05) is 12.0 Å². The van der Waals surface area contributed by atoms with Crippen molar-refractivity contribution in [3.63, 3.8) is 0 Å². The summed E-state index contributed by atoms with van der Waals surface area (Å²) in [4.78, 5) is 2.25. The van der Waals surface area contributed by atoms with Gasteiger partial charge in [0, 0.05) is 33.9 Å². The van der Waals surface area contributed by atoms with Crippen LogP contribution in [-0.4, -0.2) is 16.8 Å². The van der Waals surface area contributed by atoms with E-state index in [4.69, 9.17) is 4.74 Å². The average Bonchev–Trinajstić information content (AvgIpc) is 3.36. The second-order valence-electron chi connectivity index (χ2n) is 9.92. The normalized spacial score (nSPS) is 11.3. The fraction of sp³-hybridized carbons (Fsp3) is 0.0556. The second-order valence-corrected chi connectivity index (χ2v) is 9.92. The van der Waals surface area contributed by atoms with E-state index >= 15 is 0 Å². The third kappa shape index (κ3) is 3.98. The Balaban J connectivity index is 1.55. The lowest BCUT2D eigenvalue weighted by Gasteiger charge is -2.27. The molecule has 4 nitrogen and oxygen atoms in total. The minimum Gasteiger partial charge on any atom is -0.497 e. The minimum absolute atomic E-state index is 0.0226. The smallest absolute Gasteiger partial charge is 0.120 e. The maximum Gasteiger partial charge on any atom is 0.120 e. The van der Waals surface area contributed by atoms with Gasteiger partial charge in [-0.25, -0.2) is 0 Å². The van der Waals surface area contributed by atoms with Gasteiger partial charge in [0.1, 0.15) is 5.75 Å². The van der Waals surface area contributed by atoms with Gasteiger partial charge >= 0.3 is 0 Å². The first kappa shape index (κ1) is 24.0. The molecule has 194 valence electrons. The lowest BCUT2D eigenvalue weighted by Crippen LogP contribution is -2.11. The third-order valence-electron chi connectivity index (χ3n) is 7.57. The molecule has 0 saturated carbocycles. The number of nitrogens with zero attached hydrogens (tertiary/aromatic N) is 2. The van der Waals surface area contributed by atoms with Crippen molar-refractivity contribution in [2.45, 2.75) is 6.61 Å². The summed E-state index contributed by atoms with van der Waals surface area (Å²) in [5.41, 5.74) is 7.25. The molecule has 0 fully saturated rings. The van der Waals surface area contributed by atoms with Crippen LogP contribution in [0.4, 0.5) is 17.1 Å². The molecule has 0 atom stereocenters. The molecular weight excluding hydrogens is 492 g/mol. The van der Waals surface area contributed by atoms with Crippen molar-refractivity contribution < 1.29 is 9.84 Å². The Bertz CT molecular complexity index is 1960. The van der Waals surface area contributed by atoms with Crippen LogP contribution in [-0.2, 0) is 6.61 Å². The number of hydrogen-bond acceptors (Lipinski definition) is 3. The standard InChI is InChI=1S/C36H28N2O2/c1-40-31-14-7-13-29(23-31)37(28-12-6-9-25(21-28)24-39)34-17-8-18-35-36(34)32-15-4-5-16-33(32)38(35)30-20-19-26-10-2-3-11-27(26)22-30/h2-23,39H,24H2,1H3. The van der Waals surface area contributed by atoms with Gasteiger partial charge in [0.2, 0.25) is 0 Å². The first-order chi connectivity index (χ1) is 19.7. The number of methoxy groups -OCH3 is 1. The van der Waals surface area contributed by atoms with Crippen LogP contribution in [0.3, 0.4) is 0 Å². The topological polar surface area (TPSA) is 37.6 Å². The van der Waals surface area contributed by atoms with Gasteiger partial charge in [-0.15, -0.1) is 0 Å². The summed E-state index contributed by atoms with van der Waals surface area (Å²) in [5, 5.41) is 14.7. The van der Waals surface area contributed by atoms with E-state index in [9.17, 15) is 5.11 Å². The van der Waals surface area contributed by atoms with Gasteiger partial charge in [0.05, 0.1) is 30.4 Å². The predicted molar refractivity (Wildman–Crippen MR) is 165 cm³/mol. The number of fused-ring (bicyclic) bond motifs is 4. The number of rotatable bonds is 6. The van der Waals surface area contributed by atoms with Crippen molar-refractivity contribution in [3.8, 4) is 11.4 Å². The summed E-state index contributed by atoms with van der Waals surface area (Å²) < 4.78 is 7.96. The van der Waals surface area contributed by atoms with E-state index in [1.54, 1.807) is 7.11 Å². The number of benzene rings is 6. The SMILES string of the molecule is COc1cccc(N(c2cccc(CO)c2)c2cccc3c2c2ccccc2n3-c2ccc3ccccc3c2)c1. The van der Waals surface area contributed by atoms with Crippen molar-refractivity contribution >= 4 is 49.6 Å². The summed E-state index contributed by atoms with van der Waals surface area (Å²) in [5.74, 6) is 0.784. The van der Waals surface area contributed by atoms with Gasteiger partial charge in [-0.05, 0) is 70.9 Å². The largest absolute Gasteiger partial charge is 0.497 e. The summed E-state index contributed by atoms with van der Waals surface area (Å²) in [7, 11) is 1.69. The Kier molecular flexibility index (Phi) is 5.95. The molecule has 4 heteroatoms. The van der Waals surface area contributed by atoms with Crippen molar-refractivity contribution in [1.82, 2.24) is 4.57 Å². The van der Waals surface area contributed by atoms with Crippen molar-refractivity contribution in [2.24, 2.45) is 0 Å². The highest BCUT2D eigenvalue weighted by Gasteiger charge is 2.21. The molecule has 0 bridgehead atoms. The first-order valence-corrected chi connectivity index (χ1v) is 13.4. The summed E-state index contributed by atoms with van der Waals surface area (Å²) >= 11 is 0. The highest BCUT2D eigenvalue weighted by molar-refractivity contribution is 6.16. The highest BCUT2D eigenvalue weighted by atomic mass is 16.5. The van der Waals surface area contributed by atoms with Gasteiger partial charge < -0.3 is 19.3 Å². The Hall–Kier alpha value is -5.06. The number of aliphatic hydroxyl groups excluding tert-OH is 1. The molecule has 1 aromatic heterocycles. The molecule has 1 N–H and O–H groups in total. The zero-order valence-electron chi connectivity index (χ0n) is 22.2. The Morgan fingerprint density at radius 2 is 1.38 bits per heavy atom. The van der Waals surface area contributed by atoms with E-state index in [2.05, 4.69) is 107 Å². The Labute approximate surface area is 232 Å². The van der Waals surface area contributed by atoms with Crippen LogP contribution in [0.25, 0.3) is 38.3 Å². The van der Waals surface area contributed by atoms with Crippen LogP contribution < -0.4 is 9.64 Å². The molecular formula is C36H28N2O2. The molecule has 7 aromatic rings. The summed E-state index contributed by atoms with van der Waals surface area (Å²) in [6.45, 7) is -0.0226. The summed E-state index contributed by atoms with van der Waals surface area (Å²) in [6.07, 6.45) is 0. The van der Waals surface area contributed by atoms with Crippen molar-refractivity contribution in [3.05, 3.63) is 139 Å². The van der Waals surface area contributed by atoms with Crippen LogP contribution in [0, 0.1) is 0 Å². The van der Waals surface area contributed by atoms with Crippen LogP contribution in [0.2, 0.25) is 0 Å². The van der Waals surface area contributed by atoms with Crippen LogP contribution in [0.1, 0.15) is 5.56 Å². The number of para-hydroxylation sites is 1. The highest BCUT2D eigenvalue weighted by Crippen LogP contribution is 2.44. The van der Waals surface area contributed by atoms with Gasteiger partial charge in [-0.3, -0.25) is 0 Å². The van der Waals surface area contributed by atoms with Gasteiger partial charge in [0.25, 0.3) is 0 Å². The molecule has 0 aliphatic carbocycles. The quantitative estimate of drug-likeness (QED) is 0.238. The Morgan fingerprint density at radius 1 is 0.650 bits per heavy atom. The molecule has 0 spiro atoms. The van der Waals surface area contributed by atoms with E-state index in [0.717, 1.165) is 50.5 Å². The van der Waals surface area contributed by atoms with Gasteiger partial charge in [0.15, 0.2) is 0 Å². The molecule has 1 heterocycles. The second kappa shape index (κ2) is 9.92. The number of aromatic nitrogens is 1. The van der Waals surface area contributed by atoms with Crippen molar-refractivity contribution in [1.29, 1.82) is 0 Å². The fourth-order valence-electron chi connectivity index (χ4n) is 5.75. The maximum absolute atomic E-state index is 9.94. The summed E-state index contributed by atoms with van der Waals surface area (Å²) in [6, 6.07) is 46.4. The molecule has 0 radical (unpaired) electrons. The lowest BCUT2D eigenvalue weighted by atomic mass is 10.1. The molecule has 0 saturated heterocycles. The lowest BCUT2D eigenvalue weighted by molar-refractivity contribution is 0.282. The first-order valence-electron chi connectivity index (χ1n) is 13.4. The van der Waals surface area contributed by atoms with E-state index in [0.29, 0.717) is 0 Å². The third-order valence-corrected chi connectivity index (χ3v) is 7.57. The van der Waals surface area contributed by atoms with Crippen LogP contribution in [0.15, 0.2) is 133 Å². The fourth-order valence-corrected chi connectivity index (χ4v) is 5.75. The van der Waals surface area contributed by atoms with E-state index < -0.39 is 0 Å². The number of aliphatic hydroxyl groups is 1. The van der Waals surface area contributed by atoms with E-state index in [1.807, 2.05) is 36.4 Å². The number of ether oxygens (including phenoxy) is 1. The van der Waals surface area contributed by atoms with E-state index in [-0.39, 0.29) is 6.61 Å². The average molecular weight is 521 g/mol. The molecule has 7 rings (SSSR count). The molecule has 0 amide bonds. The monoisotopic (exact) mass is 520 g/mol. The van der Waals surface area contributed by atoms with Crippen LogP contribution in [0.5, 0.6) is 5.75 Å². The maximum atomic E-state index is 9.94. The number of hydrogen-bond donors (Lipinski definition) is 1. The molecule has 40 heavy (non-hydrogen) atoms. The molecule has 6 aromatic carbocycles. The van der Waals surface area contributed by atoms with E-state index in [1.165, 1.54) is 16.2 Å².